The van der Waals surface area contributed by atoms with E-state index in [0.717, 1.165) is 24.4 Å². The average Bonchev–Trinajstić information content (AvgIpc) is 2.56. The molecule has 21 heavy (non-hydrogen) atoms. The normalized spacial score (nSPS) is 12.5. The quantitative estimate of drug-likeness (QED) is 0.670. The molecule has 0 aliphatic rings. The van der Waals surface area contributed by atoms with Crippen LogP contribution in [0.3, 0.4) is 0 Å². The van der Waals surface area contributed by atoms with E-state index in [2.05, 4.69) is 15.3 Å². The molecule has 5 nitrogen and oxygen atoms in total. The Morgan fingerprint density at radius 1 is 0.952 bits per heavy atom. The minimum atomic E-state index is 0.113. The van der Waals surface area contributed by atoms with Gasteiger partial charge in [-0.15, -0.1) is 0 Å². The lowest BCUT2D eigenvalue weighted by Crippen LogP contribution is -2.36. The lowest BCUT2D eigenvalue weighted by Gasteiger charge is -2.21. The monoisotopic (exact) mass is 285 g/mol. The fourth-order valence-corrected chi connectivity index (χ4v) is 2.16. The van der Waals surface area contributed by atoms with E-state index in [9.17, 15) is 0 Å². The van der Waals surface area contributed by atoms with Gasteiger partial charge in [-0.1, -0.05) is 12.1 Å². The lowest BCUT2D eigenvalue weighted by atomic mass is 10.0. The van der Waals surface area contributed by atoms with Crippen LogP contribution in [0.1, 0.15) is 17.4 Å². The van der Waals surface area contributed by atoms with E-state index in [-0.39, 0.29) is 12.0 Å². The van der Waals surface area contributed by atoms with E-state index in [1.807, 2.05) is 48.8 Å². The van der Waals surface area contributed by atoms with E-state index in [1.165, 1.54) is 0 Å². The van der Waals surface area contributed by atoms with E-state index >= 15 is 0 Å². The fraction of sp³-hybridized carbons (Fsp3) is 0.375. The Bertz CT molecular complexity index is 499. The second-order valence-corrected chi connectivity index (χ2v) is 5.08. The van der Waals surface area contributed by atoms with Crippen LogP contribution < -0.4 is 16.8 Å². The third kappa shape index (κ3) is 4.90. The van der Waals surface area contributed by atoms with Crippen molar-refractivity contribution in [3.8, 4) is 0 Å². The van der Waals surface area contributed by atoms with Gasteiger partial charge in [-0.2, -0.15) is 0 Å². The molecule has 2 rings (SSSR count). The van der Waals surface area contributed by atoms with Crippen LogP contribution in [0.4, 0.5) is 0 Å². The molecule has 2 aromatic heterocycles. The first-order valence-electron chi connectivity index (χ1n) is 7.27. The molecule has 1 atom stereocenters. The van der Waals surface area contributed by atoms with E-state index in [0.29, 0.717) is 13.1 Å². The van der Waals surface area contributed by atoms with Crippen molar-refractivity contribution in [2.45, 2.75) is 12.5 Å². The summed E-state index contributed by atoms with van der Waals surface area (Å²) in [7, 11) is 0. The number of nitrogens with two attached hydrogens (primary N) is 2. The summed E-state index contributed by atoms with van der Waals surface area (Å²) in [6, 6.07) is 12.0. The van der Waals surface area contributed by atoms with Crippen molar-refractivity contribution in [2.75, 3.05) is 19.6 Å². The number of aromatic nitrogens is 2. The van der Waals surface area contributed by atoms with Crippen molar-refractivity contribution in [3.63, 3.8) is 0 Å². The summed E-state index contributed by atoms with van der Waals surface area (Å²) in [5, 5.41) is 3.52. The van der Waals surface area contributed by atoms with E-state index in [1.54, 1.807) is 0 Å². The zero-order valence-corrected chi connectivity index (χ0v) is 12.2. The van der Waals surface area contributed by atoms with Gasteiger partial charge in [0.1, 0.15) is 0 Å². The van der Waals surface area contributed by atoms with Gasteiger partial charge in [0.15, 0.2) is 0 Å². The van der Waals surface area contributed by atoms with Crippen LogP contribution in [0, 0.1) is 5.92 Å². The van der Waals surface area contributed by atoms with Crippen LogP contribution in [0.25, 0.3) is 0 Å². The molecule has 0 saturated heterocycles. The molecule has 0 aromatic carbocycles. The van der Waals surface area contributed by atoms with Gasteiger partial charge in [-0.3, -0.25) is 9.97 Å². The van der Waals surface area contributed by atoms with Gasteiger partial charge in [-0.25, -0.2) is 0 Å². The lowest BCUT2D eigenvalue weighted by molar-refractivity contribution is 0.433. The summed E-state index contributed by atoms with van der Waals surface area (Å²) < 4.78 is 0. The number of hydrogen-bond donors (Lipinski definition) is 3. The molecule has 5 N–H and O–H groups in total. The number of pyridine rings is 2. The number of nitrogens with zero attached hydrogens (tertiary/aromatic N) is 2. The molecule has 0 amide bonds. The third-order valence-corrected chi connectivity index (χ3v) is 3.50. The fourth-order valence-electron chi connectivity index (χ4n) is 2.16. The van der Waals surface area contributed by atoms with Gasteiger partial charge in [0.2, 0.25) is 0 Å². The Labute approximate surface area is 125 Å². The molecule has 0 fully saturated rings. The Kier molecular flexibility index (Phi) is 6.27. The predicted molar refractivity (Wildman–Crippen MR) is 84.5 cm³/mol. The summed E-state index contributed by atoms with van der Waals surface area (Å²) >= 11 is 0. The maximum absolute atomic E-state index is 5.71. The highest BCUT2D eigenvalue weighted by molar-refractivity contribution is 5.13. The summed E-state index contributed by atoms with van der Waals surface area (Å²) in [5.74, 6) is 0.278. The Morgan fingerprint density at radius 2 is 1.67 bits per heavy atom. The average molecular weight is 285 g/mol. The molecule has 0 bridgehead atoms. The molecular weight excluding hydrogens is 262 g/mol. The van der Waals surface area contributed by atoms with Crippen molar-refractivity contribution < 1.29 is 0 Å². The Balaban J connectivity index is 2.07. The summed E-state index contributed by atoms with van der Waals surface area (Å²) in [4.78, 5) is 8.85. The van der Waals surface area contributed by atoms with Gasteiger partial charge in [0.25, 0.3) is 0 Å². The van der Waals surface area contributed by atoms with Crippen molar-refractivity contribution in [1.29, 1.82) is 0 Å². The Morgan fingerprint density at radius 3 is 2.24 bits per heavy atom. The molecule has 0 radical (unpaired) electrons. The molecule has 112 valence electrons. The van der Waals surface area contributed by atoms with Gasteiger partial charge in [0.05, 0.1) is 11.7 Å². The SMILES string of the molecule is NCC(CN)CNC(Cc1ccccn1)c1ccccn1. The number of hydrogen-bond acceptors (Lipinski definition) is 5. The van der Waals surface area contributed by atoms with Gasteiger partial charge in [0, 0.05) is 31.1 Å². The first kappa shape index (κ1) is 15.6. The second-order valence-electron chi connectivity index (χ2n) is 5.08. The highest BCUT2D eigenvalue weighted by atomic mass is 15.0. The minimum Gasteiger partial charge on any atom is -0.330 e. The van der Waals surface area contributed by atoms with E-state index < -0.39 is 0 Å². The summed E-state index contributed by atoms with van der Waals surface area (Å²) in [5.41, 5.74) is 13.5. The van der Waals surface area contributed by atoms with Gasteiger partial charge < -0.3 is 16.8 Å². The van der Waals surface area contributed by atoms with Crippen molar-refractivity contribution in [2.24, 2.45) is 17.4 Å². The first-order chi connectivity index (χ1) is 10.3. The predicted octanol–water partition coefficient (Wildman–Crippen LogP) is 0.884. The molecule has 2 heterocycles. The van der Waals surface area contributed by atoms with Crippen LogP contribution >= 0.6 is 0 Å². The number of nitrogens with one attached hydrogen (secondary N) is 1. The van der Waals surface area contributed by atoms with Crippen LogP contribution in [0.5, 0.6) is 0 Å². The molecule has 0 spiro atoms. The van der Waals surface area contributed by atoms with Crippen LogP contribution in [0.2, 0.25) is 0 Å². The summed E-state index contributed by atoms with van der Waals surface area (Å²) in [6.07, 6.45) is 4.42. The van der Waals surface area contributed by atoms with Crippen molar-refractivity contribution in [3.05, 3.63) is 60.2 Å². The van der Waals surface area contributed by atoms with Crippen LogP contribution in [-0.4, -0.2) is 29.6 Å². The topological polar surface area (TPSA) is 89.8 Å². The molecule has 5 heteroatoms. The largest absolute Gasteiger partial charge is 0.330 e. The molecule has 0 aliphatic heterocycles. The molecule has 1 unspecified atom stereocenters. The zero-order chi connectivity index (χ0) is 14.9. The van der Waals surface area contributed by atoms with Crippen LogP contribution in [0.15, 0.2) is 48.8 Å². The molecule has 2 aromatic rings. The zero-order valence-electron chi connectivity index (χ0n) is 12.2. The smallest absolute Gasteiger partial charge is 0.0577 e. The van der Waals surface area contributed by atoms with Crippen molar-refractivity contribution >= 4 is 0 Å². The highest BCUT2D eigenvalue weighted by Crippen LogP contribution is 2.15. The summed E-state index contributed by atoms with van der Waals surface area (Å²) in [6.45, 7) is 1.95. The second kappa shape index (κ2) is 8.46. The standard InChI is InChI=1S/C16H23N5/c17-10-13(11-18)12-21-16(15-6-2-4-8-20-15)9-14-5-1-3-7-19-14/h1-8,13,16,21H,9-12,17-18H2. The van der Waals surface area contributed by atoms with Crippen LogP contribution in [-0.2, 0) is 6.42 Å². The maximum atomic E-state index is 5.71. The molecule has 0 aliphatic carbocycles. The minimum absolute atomic E-state index is 0.113. The third-order valence-electron chi connectivity index (χ3n) is 3.50. The van der Waals surface area contributed by atoms with Gasteiger partial charge >= 0.3 is 0 Å². The first-order valence-corrected chi connectivity index (χ1v) is 7.27. The molecular formula is C16H23N5. The van der Waals surface area contributed by atoms with E-state index in [4.69, 9.17) is 11.5 Å². The highest BCUT2D eigenvalue weighted by Gasteiger charge is 2.15. The maximum Gasteiger partial charge on any atom is 0.0577 e. The van der Waals surface area contributed by atoms with Crippen molar-refractivity contribution in [1.82, 2.24) is 15.3 Å². The molecule has 0 saturated carbocycles. The number of rotatable bonds is 8. The Hall–Kier alpha value is -1.82. The van der Waals surface area contributed by atoms with Gasteiger partial charge in [-0.05, 0) is 43.3 Å².